The summed E-state index contributed by atoms with van der Waals surface area (Å²) in [6, 6.07) is 0. The molecule has 0 aromatic heterocycles. The van der Waals surface area contributed by atoms with E-state index >= 15 is 0 Å². The molecule has 0 aliphatic heterocycles. The molecule has 0 aliphatic carbocycles. The Morgan fingerprint density at radius 2 is 1.60 bits per heavy atom. The molecule has 0 heterocycles. The molecular formula is CH6O2SiTi. The Kier molecular flexibility index (Phi) is 1.47. The van der Waals surface area contributed by atoms with E-state index in [1.54, 1.807) is 0 Å². The average Bonchev–Trinajstić information content (AvgIpc) is 0.722. The second kappa shape index (κ2) is 1.32. The fourth-order valence-electron chi connectivity index (χ4n) is 0. The average molecular weight is 126 g/mol. The van der Waals surface area contributed by atoms with Gasteiger partial charge in [0, 0.05) is 0 Å². The van der Waals surface area contributed by atoms with E-state index < -0.39 is 15.8 Å². The zero-order chi connectivity index (χ0) is 4.50. The minimum absolute atomic E-state index is 0.384. The molecule has 0 spiro atoms. The van der Waals surface area contributed by atoms with Crippen LogP contribution in [0.1, 0.15) is 0 Å². The van der Waals surface area contributed by atoms with Crippen molar-refractivity contribution in [1.29, 1.82) is 0 Å². The van der Waals surface area contributed by atoms with Crippen LogP contribution in [0.15, 0.2) is 0 Å². The van der Waals surface area contributed by atoms with Crippen molar-refractivity contribution in [1.82, 2.24) is 0 Å². The third-order valence-electron chi connectivity index (χ3n) is 0. The van der Waals surface area contributed by atoms with Crippen LogP contribution >= 0.6 is 0 Å². The standard InChI is InChI=1S/CH3.2O.H3Si.Ti/h1H3;;;1H3;. The van der Waals surface area contributed by atoms with E-state index in [2.05, 4.69) is 0 Å². The monoisotopic (exact) mass is 126 g/mol. The Morgan fingerprint density at radius 3 is 1.60 bits per heavy atom. The molecular weight excluding hydrogens is 120 g/mol. The van der Waals surface area contributed by atoms with Crippen LogP contribution in [-0.4, -0.2) is 8.11 Å². The molecule has 0 bridgehead atoms. The third kappa shape index (κ3) is 103. The van der Waals surface area contributed by atoms with Crippen LogP contribution in [0.2, 0.25) is 5.23 Å². The van der Waals surface area contributed by atoms with Crippen LogP contribution in [0.4, 0.5) is 0 Å². The molecule has 5 heavy (non-hydrogen) atoms. The molecule has 0 rings (SSSR count). The Labute approximate surface area is 36.2 Å². The molecule has 0 atom stereocenters. The van der Waals surface area contributed by atoms with E-state index in [-0.39, 0.29) is 0 Å². The van der Waals surface area contributed by atoms with Gasteiger partial charge in [-0.1, -0.05) is 0 Å². The summed E-state index contributed by atoms with van der Waals surface area (Å²) in [7, 11) is 0.384. The molecule has 0 saturated heterocycles. The van der Waals surface area contributed by atoms with E-state index in [1.807, 2.05) is 0 Å². The fourth-order valence-corrected chi connectivity index (χ4v) is 0. The van der Waals surface area contributed by atoms with E-state index in [0.717, 1.165) is 0 Å². The summed E-state index contributed by atoms with van der Waals surface area (Å²) in [5, 5.41) is 1.33. The molecule has 0 aliphatic rings. The molecule has 0 amide bonds. The number of rotatable bonds is 0. The molecule has 4 heteroatoms. The van der Waals surface area contributed by atoms with Crippen LogP contribution in [-0.2, 0) is 22.4 Å². The van der Waals surface area contributed by atoms with E-state index in [1.165, 1.54) is 5.23 Å². The Morgan fingerprint density at radius 1 is 1.60 bits per heavy atom. The van der Waals surface area contributed by atoms with Gasteiger partial charge in [-0.25, -0.2) is 0 Å². The van der Waals surface area contributed by atoms with E-state index in [4.69, 9.17) is 0 Å². The quantitative estimate of drug-likeness (QED) is 0.396. The third-order valence-corrected chi connectivity index (χ3v) is 0. The van der Waals surface area contributed by atoms with Crippen molar-refractivity contribution in [3.05, 3.63) is 0 Å². The first kappa shape index (κ1) is 5.53. The van der Waals surface area contributed by atoms with Gasteiger partial charge in [-0.2, -0.15) is 0 Å². The summed E-state index contributed by atoms with van der Waals surface area (Å²) in [4.78, 5) is 0. The van der Waals surface area contributed by atoms with Crippen LogP contribution in [0, 0.1) is 0 Å². The molecule has 0 aromatic carbocycles. The van der Waals surface area contributed by atoms with Crippen molar-refractivity contribution in [3.8, 4) is 0 Å². The minimum atomic E-state index is -3.36. The van der Waals surface area contributed by atoms with Crippen LogP contribution in [0.5, 0.6) is 0 Å². The van der Waals surface area contributed by atoms with Gasteiger partial charge in [-0.3, -0.25) is 0 Å². The molecule has 0 N–H and O–H groups in total. The maximum absolute atomic E-state index is 9.80. The first-order chi connectivity index (χ1) is 2.00. The topological polar surface area (TPSA) is 34.1 Å². The zero-order valence-corrected chi connectivity index (χ0v) is 6.88. The molecule has 0 radical (unpaired) electrons. The van der Waals surface area contributed by atoms with Crippen molar-refractivity contribution < 1.29 is 22.4 Å². The Hall–Kier alpha value is 0.531. The van der Waals surface area contributed by atoms with Gasteiger partial charge in [0.25, 0.3) is 0 Å². The molecule has 30 valence electrons. The van der Waals surface area contributed by atoms with Crippen molar-refractivity contribution in [2.75, 3.05) is 0 Å². The normalized spacial score (nSPS) is 9.00. The molecule has 0 unspecified atom stereocenters. The van der Waals surface area contributed by atoms with Gasteiger partial charge < -0.3 is 0 Å². The summed E-state index contributed by atoms with van der Waals surface area (Å²) in [5.41, 5.74) is 0. The number of hydrogen-bond donors (Lipinski definition) is 0. The van der Waals surface area contributed by atoms with Crippen molar-refractivity contribution in [2.24, 2.45) is 0 Å². The van der Waals surface area contributed by atoms with Gasteiger partial charge in [0.15, 0.2) is 0 Å². The van der Waals surface area contributed by atoms with Gasteiger partial charge in [-0.05, 0) is 0 Å². The first-order valence-corrected chi connectivity index (χ1v) is 9.93. The van der Waals surface area contributed by atoms with Gasteiger partial charge >= 0.3 is 35.8 Å². The molecule has 0 fully saturated rings. The second-order valence-corrected chi connectivity index (χ2v) is 13.3. The summed E-state index contributed by atoms with van der Waals surface area (Å²) < 4.78 is 19.6. The summed E-state index contributed by atoms with van der Waals surface area (Å²) in [5.74, 6) is 0. The van der Waals surface area contributed by atoms with Gasteiger partial charge in [0.2, 0.25) is 0 Å². The summed E-state index contributed by atoms with van der Waals surface area (Å²) in [6.07, 6.45) is 0. The number of hydrogen-bond acceptors (Lipinski definition) is 2. The Bertz CT molecular complexity index is 92.8. The van der Waals surface area contributed by atoms with Crippen LogP contribution < -0.4 is 0 Å². The van der Waals surface area contributed by atoms with Crippen molar-refractivity contribution in [3.63, 3.8) is 0 Å². The van der Waals surface area contributed by atoms with Gasteiger partial charge in [0.05, 0.1) is 0 Å². The molecule has 0 aromatic rings. The molecule has 2 nitrogen and oxygen atoms in total. The van der Waals surface area contributed by atoms with Gasteiger partial charge in [-0.15, -0.1) is 0 Å². The SMILES string of the molecule is [CH3][Ti](=[O])(=[O])[SiH3]. The summed E-state index contributed by atoms with van der Waals surface area (Å²) >= 11 is -3.36. The second-order valence-electron chi connectivity index (χ2n) is 1.40. The summed E-state index contributed by atoms with van der Waals surface area (Å²) in [6.45, 7) is 0. The predicted octanol–water partition coefficient (Wildman–Crippen LogP) is -0.840. The zero-order valence-electron chi connectivity index (χ0n) is 3.32. The van der Waals surface area contributed by atoms with E-state index in [0.29, 0.717) is 8.11 Å². The van der Waals surface area contributed by atoms with E-state index in [9.17, 15) is 6.65 Å². The van der Waals surface area contributed by atoms with Crippen molar-refractivity contribution >= 4 is 8.11 Å². The predicted molar refractivity (Wildman–Crippen MR) is 17.2 cm³/mol. The van der Waals surface area contributed by atoms with Crippen LogP contribution in [0.3, 0.4) is 0 Å². The Balaban J connectivity index is 4.06. The first-order valence-electron chi connectivity index (χ1n) is 1.41. The maximum atomic E-state index is 9.80. The van der Waals surface area contributed by atoms with Gasteiger partial charge in [0.1, 0.15) is 0 Å². The van der Waals surface area contributed by atoms with Crippen LogP contribution in [0.25, 0.3) is 0 Å². The van der Waals surface area contributed by atoms with Crippen molar-refractivity contribution in [2.45, 2.75) is 5.23 Å². The fraction of sp³-hybridized carbons (Fsp3) is 1.00. The molecule has 0 saturated carbocycles.